The zero-order valence-electron chi connectivity index (χ0n) is 8.74. The fourth-order valence-electron chi connectivity index (χ4n) is 2.12. The number of hydrogen-bond donors (Lipinski definition) is 0. The summed E-state index contributed by atoms with van der Waals surface area (Å²) in [7, 11) is 0. The topological polar surface area (TPSA) is 9.23 Å². The molecule has 0 bridgehead atoms. The van der Waals surface area contributed by atoms with E-state index in [0.717, 1.165) is 29.9 Å². The summed E-state index contributed by atoms with van der Waals surface area (Å²) in [6.07, 6.45) is 0.933. The van der Waals surface area contributed by atoms with Crippen LogP contribution in [0.5, 0.6) is 5.75 Å². The Morgan fingerprint density at radius 2 is 1.81 bits per heavy atom. The van der Waals surface area contributed by atoms with Crippen LogP contribution in [0, 0.1) is 5.82 Å². The molecule has 0 saturated carbocycles. The average Bonchev–Trinajstić information content (AvgIpc) is 2.78. The quantitative estimate of drug-likeness (QED) is 0.706. The molecule has 1 aliphatic rings. The SMILES string of the molecule is Fc1ccc(-c2cccc3c2CCO3)cc1. The maximum absolute atomic E-state index is 12.9. The molecule has 1 nitrogen and oxygen atoms in total. The van der Waals surface area contributed by atoms with E-state index in [4.69, 9.17) is 4.74 Å². The summed E-state index contributed by atoms with van der Waals surface area (Å²) in [5.74, 6) is 0.759. The van der Waals surface area contributed by atoms with E-state index in [1.807, 2.05) is 24.3 Å². The van der Waals surface area contributed by atoms with Gasteiger partial charge in [-0.2, -0.15) is 0 Å². The van der Waals surface area contributed by atoms with Crippen molar-refractivity contribution < 1.29 is 9.13 Å². The van der Waals surface area contributed by atoms with Crippen LogP contribution in [0.15, 0.2) is 42.5 Å². The molecule has 0 fully saturated rings. The fourth-order valence-corrected chi connectivity index (χ4v) is 2.12. The van der Waals surface area contributed by atoms with Crippen molar-refractivity contribution in [2.24, 2.45) is 0 Å². The number of fused-ring (bicyclic) bond motifs is 1. The van der Waals surface area contributed by atoms with E-state index in [0.29, 0.717) is 0 Å². The van der Waals surface area contributed by atoms with Crippen LogP contribution in [0.25, 0.3) is 11.1 Å². The van der Waals surface area contributed by atoms with Crippen molar-refractivity contribution >= 4 is 0 Å². The monoisotopic (exact) mass is 214 g/mol. The summed E-state index contributed by atoms with van der Waals surface area (Å²) in [5, 5.41) is 0. The minimum atomic E-state index is -0.201. The number of ether oxygens (including phenoxy) is 1. The van der Waals surface area contributed by atoms with Gasteiger partial charge in [0.2, 0.25) is 0 Å². The molecule has 0 saturated heterocycles. The Hall–Kier alpha value is -1.83. The van der Waals surface area contributed by atoms with Gasteiger partial charge in [0, 0.05) is 12.0 Å². The molecule has 80 valence electrons. The normalized spacial score (nSPS) is 13.3. The van der Waals surface area contributed by atoms with E-state index in [-0.39, 0.29) is 5.82 Å². The number of rotatable bonds is 1. The van der Waals surface area contributed by atoms with Crippen molar-refractivity contribution in [3.8, 4) is 16.9 Å². The van der Waals surface area contributed by atoms with E-state index < -0.39 is 0 Å². The van der Waals surface area contributed by atoms with Gasteiger partial charge in [-0.15, -0.1) is 0 Å². The lowest BCUT2D eigenvalue weighted by atomic mass is 9.98. The first-order valence-electron chi connectivity index (χ1n) is 5.35. The van der Waals surface area contributed by atoms with Crippen molar-refractivity contribution in [1.29, 1.82) is 0 Å². The first-order valence-corrected chi connectivity index (χ1v) is 5.35. The first-order chi connectivity index (χ1) is 7.84. The molecule has 2 aromatic rings. The molecular formula is C14H11FO. The van der Waals surface area contributed by atoms with Gasteiger partial charge in [0.15, 0.2) is 0 Å². The zero-order chi connectivity index (χ0) is 11.0. The first kappa shape index (κ1) is 9.40. The molecule has 1 heterocycles. The molecule has 3 rings (SSSR count). The number of hydrogen-bond acceptors (Lipinski definition) is 1. The predicted octanol–water partition coefficient (Wildman–Crippen LogP) is 3.43. The molecule has 2 heteroatoms. The molecule has 0 unspecified atom stereocenters. The lowest BCUT2D eigenvalue weighted by Crippen LogP contribution is -1.87. The van der Waals surface area contributed by atoms with Gasteiger partial charge in [-0.1, -0.05) is 24.3 Å². The largest absolute Gasteiger partial charge is 0.493 e. The average molecular weight is 214 g/mol. The van der Waals surface area contributed by atoms with Crippen LogP contribution in [0.4, 0.5) is 4.39 Å². The van der Waals surface area contributed by atoms with Crippen LogP contribution in [-0.4, -0.2) is 6.61 Å². The third-order valence-corrected chi connectivity index (χ3v) is 2.90. The Morgan fingerprint density at radius 1 is 1.00 bits per heavy atom. The molecule has 0 aliphatic carbocycles. The standard InChI is InChI=1S/C14H11FO/c15-11-6-4-10(5-7-11)12-2-1-3-14-13(12)8-9-16-14/h1-7H,8-9H2. The van der Waals surface area contributed by atoms with Gasteiger partial charge in [-0.25, -0.2) is 4.39 Å². The molecule has 16 heavy (non-hydrogen) atoms. The molecular weight excluding hydrogens is 203 g/mol. The lowest BCUT2D eigenvalue weighted by molar-refractivity contribution is 0.357. The van der Waals surface area contributed by atoms with Crippen LogP contribution < -0.4 is 4.74 Å². The van der Waals surface area contributed by atoms with Gasteiger partial charge in [0.05, 0.1) is 6.61 Å². The molecule has 0 N–H and O–H groups in total. The molecule has 0 spiro atoms. The Morgan fingerprint density at radius 3 is 2.62 bits per heavy atom. The van der Waals surface area contributed by atoms with Crippen LogP contribution in [0.2, 0.25) is 0 Å². The van der Waals surface area contributed by atoms with Crippen LogP contribution in [0.3, 0.4) is 0 Å². The Kier molecular flexibility index (Phi) is 2.13. The fraction of sp³-hybridized carbons (Fsp3) is 0.143. The summed E-state index contributed by atoms with van der Waals surface area (Å²) >= 11 is 0. The summed E-state index contributed by atoms with van der Waals surface area (Å²) < 4.78 is 18.4. The zero-order valence-corrected chi connectivity index (χ0v) is 8.74. The smallest absolute Gasteiger partial charge is 0.123 e. The van der Waals surface area contributed by atoms with Gasteiger partial charge in [-0.3, -0.25) is 0 Å². The van der Waals surface area contributed by atoms with E-state index in [1.54, 1.807) is 0 Å². The van der Waals surface area contributed by atoms with Crippen LogP contribution in [0.1, 0.15) is 5.56 Å². The molecule has 0 atom stereocenters. The van der Waals surface area contributed by atoms with Crippen molar-refractivity contribution in [2.75, 3.05) is 6.61 Å². The maximum Gasteiger partial charge on any atom is 0.123 e. The molecule has 0 radical (unpaired) electrons. The van der Waals surface area contributed by atoms with Crippen molar-refractivity contribution in [3.05, 3.63) is 53.8 Å². The highest BCUT2D eigenvalue weighted by Gasteiger charge is 2.16. The van der Waals surface area contributed by atoms with Crippen LogP contribution >= 0.6 is 0 Å². The Labute approximate surface area is 93.5 Å². The van der Waals surface area contributed by atoms with Crippen molar-refractivity contribution in [3.63, 3.8) is 0 Å². The summed E-state index contributed by atoms with van der Waals surface area (Å²) in [6.45, 7) is 0.744. The van der Waals surface area contributed by atoms with Gasteiger partial charge in [0.25, 0.3) is 0 Å². The molecule has 1 aliphatic heterocycles. The highest BCUT2D eigenvalue weighted by molar-refractivity contribution is 5.70. The van der Waals surface area contributed by atoms with E-state index in [1.165, 1.54) is 17.7 Å². The highest BCUT2D eigenvalue weighted by atomic mass is 19.1. The third-order valence-electron chi connectivity index (χ3n) is 2.90. The van der Waals surface area contributed by atoms with E-state index in [2.05, 4.69) is 6.07 Å². The van der Waals surface area contributed by atoms with E-state index >= 15 is 0 Å². The summed E-state index contributed by atoms with van der Waals surface area (Å²) in [6, 6.07) is 12.6. The van der Waals surface area contributed by atoms with E-state index in [9.17, 15) is 4.39 Å². The van der Waals surface area contributed by atoms with Crippen LogP contribution in [-0.2, 0) is 6.42 Å². The van der Waals surface area contributed by atoms with Crippen molar-refractivity contribution in [1.82, 2.24) is 0 Å². The molecule has 0 amide bonds. The second-order valence-corrected chi connectivity index (χ2v) is 3.89. The van der Waals surface area contributed by atoms with Gasteiger partial charge >= 0.3 is 0 Å². The summed E-state index contributed by atoms with van der Waals surface area (Å²) in [4.78, 5) is 0. The number of benzene rings is 2. The maximum atomic E-state index is 12.9. The highest BCUT2D eigenvalue weighted by Crippen LogP contribution is 2.34. The second kappa shape index (κ2) is 3.63. The van der Waals surface area contributed by atoms with Gasteiger partial charge in [-0.05, 0) is 29.3 Å². The summed E-state index contributed by atoms with van der Waals surface area (Å²) in [5.41, 5.74) is 3.42. The predicted molar refractivity (Wildman–Crippen MR) is 61.0 cm³/mol. The Bertz CT molecular complexity index is 517. The van der Waals surface area contributed by atoms with Gasteiger partial charge < -0.3 is 4.74 Å². The minimum Gasteiger partial charge on any atom is -0.493 e. The molecule has 2 aromatic carbocycles. The van der Waals surface area contributed by atoms with Gasteiger partial charge in [0.1, 0.15) is 11.6 Å². The minimum absolute atomic E-state index is 0.201. The Balaban J connectivity index is 2.13. The van der Waals surface area contributed by atoms with Crippen molar-refractivity contribution in [2.45, 2.75) is 6.42 Å². The third kappa shape index (κ3) is 1.47. The molecule has 0 aromatic heterocycles. The second-order valence-electron chi connectivity index (χ2n) is 3.89. The number of halogens is 1. The lowest BCUT2D eigenvalue weighted by Gasteiger charge is -2.06.